The van der Waals surface area contributed by atoms with Crippen LogP contribution < -0.4 is 10.6 Å². The molecule has 0 fully saturated rings. The summed E-state index contributed by atoms with van der Waals surface area (Å²) in [6.45, 7) is 2.67. The van der Waals surface area contributed by atoms with Crippen LogP contribution in [0.4, 0.5) is 0 Å². The van der Waals surface area contributed by atoms with Gasteiger partial charge < -0.3 is 15.2 Å². The van der Waals surface area contributed by atoms with E-state index in [4.69, 9.17) is 11.6 Å². The molecule has 0 radical (unpaired) electrons. The van der Waals surface area contributed by atoms with Crippen molar-refractivity contribution in [3.8, 4) is 0 Å². The second-order valence-corrected chi connectivity index (χ2v) is 5.65. The van der Waals surface area contributed by atoms with Crippen molar-refractivity contribution in [2.45, 2.75) is 25.8 Å². The smallest absolute Gasteiger partial charge is 0.190 e. The molecule has 1 aromatic carbocycles. The zero-order valence-corrected chi connectivity index (χ0v) is 16.9. The van der Waals surface area contributed by atoms with Crippen LogP contribution in [0.2, 0.25) is 5.02 Å². The Morgan fingerprint density at radius 2 is 1.75 bits per heavy atom. The summed E-state index contributed by atoms with van der Waals surface area (Å²) in [4.78, 5) is 4.23. The lowest BCUT2D eigenvalue weighted by molar-refractivity contribution is 0.597. The summed E-state index contributed by atoms with van der Waals surface area (Å²) in [6.07, 6.45) is 6.56. The summed E-state index contributed by atoms with van der Waals surface area (Å²) in [5.74, 6) is 0.836. The van der Waals surface area contributed by atoms with Gasteiger partial charge in [-0.2, -0.15) is 0 Å². The number of benzene rings is 1. The van der Waals surface area contributed by atoms with Gasteiger partial charge in [0.05, 0.1) is 0 Å². The van der Waals surface area contributed by atoms with Gasteiger partial charge in [0, 0.05) is 31.7 Å². The number of aliphatic imine (C=N–C) groups is 1. The first-order valence-electron chi connectivity index (χ1n) is 7.79. The first kappa shape index (κ1) is 20.7. The zero-order chi connectivity index (χ0) is 16.3. The van der Waals surface area contributed by atoms with Gasteiger partial charge in [-0.3, -0.25) is 4.99 Å². The van der Waals surface area contributed by atoms with Crippen molar-refractivity contribution in [2.24, 2.45) is 4.99 Å². The summed E-state index contributed by atoms with van der Waals surface area (Å²) in [7, 11) is 1.79. The third-order valence-corrected chi connectivity index (χ3v) is 3.70. The first-order chi connectivity index (χ1) is 11.3. The van der Waals surface area contributed by atoms with Crippen LogP contribution in [-0.2, 0) is 13.0 Å². The fourth-order valence-corrected chi connectivity index (χ4v) is 2.29. The van der Waals surface area contributed by atoms with Crippen molar-refractivity contribution in [3.05, 3.63) is 47.5 Å². The van der Waals surface area contributed by atoms with Crippen LogP contribution in [0.1, 0.15) is 18.4 Å². The van der Waals surface area contributed by atoms with Crippen LogP contribution in [0.5, 0.6) is 0 Å². The first-order valence-corrected chi connectivity index (χ1v) is 8.17. The van der Waals surface area contributed by atoms with Crippen molar-refractivity contribution in [2.75, 3.05) is 20.1 Å². The molecule has 132 valence electrons. The van der Waals surface area contributed by atoms with Gasteiger partial charge in [0.15, 0.2) is 5.96 Å². The maximum Gasteiger partial charge on any atom is 0.190 e. The lowest BCUT2D eigenvalue weighted by Gasteiger charge is -2.12. The molecule has 0 atom stereocenters. The Morgan fingerprint density at radius 1 is 1.08 bits per heavy atom. The highest BCUT2D eigenvalue weighted by Crippen LogP contribution is 2.09. The molecule has 1 heterocycles. The summed E-state index contributed by atoms with van der Waals surface area (Å²) >= 11 is 5.88. The number of halogens is 2. The van der Waals surface area contributed by atoms with Crippen molar-refractivity contribution >= 4 is 41.5 Å². The molecule has 0 saturated heterocycles. The molecule has 0 bridgehead atoms. The van der Waals surface area contributed by atoms with Crippen LogP contribution in [0.25, 0.3) is 0 Å². The van der Waals surface area contributed by atoms with Crippen molar-refractivity contribution in [1.29, 1.82) is 0 Å². The van der Waals surface area contributed by atoms with Crippen LogP contribution in [0, 0.1) is 0 Å². The summed E-state index contributed by atoms with van der Waals surface area (Å²) in [5, 5.41) is 15.0. The van der Waals surface area contributed by atoms with Gasteiger partial charge in [0.2, 0.25) is 0 Å². The maximum absolute atomic E-state index is 5.88. The van der Waals surface area contributed by atoms with E-state index in [0.717, 1.165) is 49.9 Å². The number of aryl methyl sites for hydroxylation is 1. The fourth-order valence-electron chi connectivity index (χ4n) is 2.16. The largest absolute Gasteiger partial charge is 0.356 e. The highest BCUT2D eigenvalue weighted by Gasteiger charge is 1.98. The molecule has 2 aromatic rings. The van der Waals surface area contributed by atoms with Gasteiger partial charge in [-0.05, 0) is 37.0 Å². The number of nitrogens with one attached hydrogen (secondary N) is 2. The van der Waals surface area contributed by atoms with Gasteiger partial charge in [-0.15, -0.1) is 34.2 Å². The molecular formula is C16H24ClIN6. The van der Waals surface area contributed by atoms with Crippen LogP contribution >= 0.6 is 35.6 Å². The van der Waals surface area contributed by atoms with E-state index in [2.05, 4.69) is 25.8 Å². The third kappa shape index (κ3) is 7.96. The predicted octanol–water partition coefficient (Wildman–Crippen LogP) is 2.74. The van der Waals surface area contributed by atoms with Gasteiger partial charge >= 0.3 is 0 Å². The van der Waals surface area contributed by atoms with Crippen molar-refractivity contribution < 1.29 is 0 Å². The fraction of sp³-hybridized carbons (Fsp3) is 0.438. The molecule has 0 unspecified atom stereocenters. The number of guanidine groups is 1. The van der Waals surface area contributed by atoms with Gasteiger partial charge in [-0.1, -0.05) is 23.7 Å². The molecule has 0 spiro atoms. The van der Waals surface area contributed by atoms with Gasteiger partial charge in [0.1, 0.15) is 12.7 Å². The minimum Gasteiger partial charge on any atom is -0.356 e. The molecule has 8 heteroatoms. The Balaban J connectivity index is 0.00000288. The number of rotatable bonds is 8. The molecule has 0 aliphatic carbocycles. The average molecular weight is 463 g/mol. The Labute approximate surface area is 165 Å². The van der Waals surface area contributed by atoms with Gasteiger partial charge in [-0.25, -0.2) is 0 Å². The summed E-state index contributed by atoms with van der Waals surface area (Å²) in [5.41, 5.74) is 1.26. The summed E-state index contributed by atoms with van der Waals surface area (Å²) < 4.78 is 1.99. The predicted molar refractivity (Wildman–Crippen MR) is 109 cm³/mol. The molecule has 0 amide bonds. The normalized spacial score (nSPS) is 11.0. The SMILES string of the molecule is CN=C(NCCCCn1cnnc1)NCCc1ccc(Cl)cc1.I. The van der Waals surface area contributed by atoms with E-state index in [-0.39, 0.29) is 24.0 Å². The number of hydrogen-bond acceptors (Lipinski definition) is 3. The quantitative estimate of drug-likeness (QED) is 0.274. The van der Waals surface area contributed by atoms with E-state index < -0.39 is 0 Å². The highest BCUT2D eigenvalue weighted by molar-refractivity contribution is 14.0. The van der Waals surface area contributed by atoms with E-state index in [0.29, 0.717) is 0 Å². The molecule has 2 N–H and O–H groups in total. The molecule has 6 nitrogen and oxygen atoms in total. The van der Waals surface area contributed by atoms with E-state index in [1.165, 1.54) is 5.56 Å². The second-order valence-electron chi connectivity index (χ2n) is 5.21. The van der Waals surface area contributed by atoms with E-state index >= 15 is 0 Å². The Hall–Kier alpha value is -1.35. The van der Waals surface area contributed by atoms with Gasteiger partial charge in [0.25, 0.3) is 0 Å². The molecule has 2 rings (SSSR count). The van der Waals surface area contributed by atoms with E-state index in [9.17, 15) is 0 Å². The van der Waals surface area contributed by atoms with Crippen LogP contribution in [-0.4, -0.2) is 40.9 Å². The number of aromatic nitrogens is 3. The minimum atomic E-state index is 0. The zero-order valence-electron chi connectivity index (χ0n) is 13.8. The lowest BCUT2D eigenvalue weighted by atomic mass is 10.1. The third-order valence-electron chi connectivity index (χ3n) is 3.45. The van der Waals surface area contributed by atoms with Crippen molar-refractivity contribution in [1.82, 2.24) is 25.4 Å². The van der Waals surface area contributed by atoms with Crippen molar-refractivity contribution in [3.63, 3.8) is 0 Å². The molecule has 24 heavy (non-hydrogen) atoms. The van der Waals surface area contributed by atoms with E-state index in [1.807, 2.05) is 28.8 Å². The topological polar surface area (TPSA) is 67.1 Å². The number of unbranched alkanes of at least 4 members (excludes halogenated alkanes) is 1. The second kappa shape index (κ2) is 12.1. The average Bonchev–Trinajstić information content (AvgIpc) is 3.08. The highest BCUT2D eigenvalue weighted by atomic mass is 127. The number of hydrogen-bond donors (Lipinski definition) is 2. The standard InChI is InChI=1S/C16H23ClN6.HI/c1-18-16(19-9-2-3-11-23-12-21-22-13-23)20-10-8-14-4-6-15(17)7-5-14;/h4-7,12-13H,2-3,8-11H2,1H3,(H2,18,19,20);1H. The molecular weight excluding hydrogens is 439 g/mol. The maximum atomic E-state index is 5.88. The van der Waals surface area contributed by atoms with Crippen LogP contribution in [0.3, 0.4) is 0 Å². The summed E-state index contributed by atoms with van der Waals surface area (Å²) in [6, 6.07) is 7.93. The van der Waals surface area contributed by atoms with E-state index in [1.54, 1.807) is 19.7 Å². The molecule has 0 aliphatic heterocycles. The molecule has 0 aliphatic rings. The molecule has 1 aromatic heterocycles. The Morgan fingerprint density at radius 3 is 2.42 bits per heavy atom. The monoisotopic (exact) mass is 462 g/mol. The Kier molecular flexibility index (Phi) is 10.4. The number of nitrogens with zero attached hydrogens (tertiary/aromatic N) is 4. The minimum absolute atomic E-state index is 0. The Bertz CT molecular complexity index is 585. The molecule has 0 saturated carbocycles. The van der Waals surface area contributed by atoms with Crippen LogP contribution in [0.15, 0.2) is 41.9 Å². The lowest BCUT2D eigenvalue weighted by Crippen LogP contribution is -2.38.